The first-order valence-electron chi connectivity index (χ1n) is 9.65. The Morgan fingerprint density at radius 2 is 1.50 bits per heavy atom. The standard InChI is InChI=1S/C22H28N2O6/c1-5-29-17-7-9-18(10-8-17)30-15(2)22(26)24-23-21(25)11-6-16-12-19(27-3)14-20(13-16)28-4/h7-10,12-15H,5-6,11H2,1-4H3,(H,23,25)(H,24,26). The van der Waals surface area contributed by atoms with E-state index >= 15 is 0 Å². The van der Waals surface area contributed by atoms with Gasteiger partial charge in [-0.15, -0.1) is 0 Å². The Bertz CT molecular complexity index is 816. The smallest absolute Gasteiger partial charge is 0.279 e. The van der Waals surface area contributed by atoms with Gasteiger partial charge in [0.2, 0.25) is 5.91 Å². The van der Waals surface area contributed by atoms with Crippen LogP contribution in [0.4, 0.5) is 0 Å². The van der Waals surface area contributed by atoms with Gasteiger partial charge in [-0.1, -0.05) is 0 Å². The summed E-state index contributed by atoms with van der Waals surface area (Å²) in [7, 11) is 3.13. The number of hydrogen-bond donors (Lipinski definition) is 2. The first kappa shape index (κ1) is 22.9. The van der Waals surface area contributed by atoms with Gasteiger partial charge in [0.1, 0.15) is 23.0 Å². The lowest BCUT2D eigenvalue weighted by molar-refractivity contribution is -0.132. The summed E-state index contributed by atoms with van der Waals surface area (Å²) in [6.07, 6.45) is -0.135. The van der Waals surface area contributed by atoms with E-state index < -0.39 is 12.0 Å². The van der Waals surface area contributed by atoms with E-state index in [9.17, 15) is 9.59 Å². The zero-order valence-electron chi connectivity index (χ0n) is 17.7. The predicted molar refractivity (Wildman–Crippen MR) is 112 cm³/mol. The first-order chi connectivity index (χ1) is 14.4. The molecular formula is C22H28N2O6. The van der Waals surface area contributed by atoms with Crippen LogP contribution in [0.25, 0.3) is 0 Å². The normalized spacial score (nSPS) is 11.2. The Labute approximate surface area is 176 Å². The highest BCUT2D eigenvalue weighted by Crippen LogP contribution is 2.23. The van der Waals surface area contributed by atoms with Crippen molar-refractivity contribution in [1.29, 1.82) is 0 Å². The van der Waals surface area contributed by atoms with Crippen LogP contribution in [0.3, 0.4) is 0 Å². The van der Waals surface area contributed by atoms with Gasteiger partial charge in [0, 0.05) is 12.5 Å². The minimum Gasteiger partial charge on any atom is -0.497 e. The fourth-order valence-corrected chi connectivity index (χ4v) is 2.60. The summed E-state index contributed by atoms with van der Waals surface area (Å²) in [6.45, 7) is 4.07. The molecule has 2 rings (SSSR count). The van der Waals surface area contributed by atoms with E-state index in [1.807, 2.05) is 19.1 Å². The molecule has 2 aromatic carbocycles. The number of hydrogen-bond acceptors (Lipinski definition) is 6. The van der Waals surface area contributed by atoms with Crippen molar-refractivity contribution >= 4 is 11.8 Å². The molecule has 0 heterocycles. The zero-order valence-corrected chi connectivity index (χ0v) is 17.7. The Hall–Kier alpha value is -3.42. The molecule has 2 amide bonds. The van der Waals surface area contributed by atoms with Gasteiger partial charge in [-0.2, -0.15) is 0 Å². The second-order valence-electron chi connectivity index (χ2n) is 6.42. The van der Waals surface area contributed by atoms with Gasteiger partial charge in [-0.05, 0) is 62.2 Å². The second kappa shape index (κ2) is 11.5. The number of carbonyl (C=O) groups is 2. The van der Waals surface area contributed by atoms with Crippen molar-refractivity contribution in [3.63, 3.8) is 0 Å². The molecule has 1 atom stereocenters. The van der Waals surface area contributed by atoms with Gasteiger partial charge < -0.3 is 18.9 Å². The highest BCUT2D eigenvalue weighted by Gasteiger charge is 2.15. The summed E-state index contributed by atoms with van der Waals surface area (Å²) in [6, 6.07) is 12.4. The van der Waals surface area contributed by atoms with Gasteiger partial charge >= 0.3 is 0 Å². The van der Waals surface area contributed by atoms with E-state index in [2.05, 4.69) is 10.9 Å². The van der Waals surface area contributed by atoms with E-state index in [0.29, 0.717) is 30.3 Å². The Morgan fingerprint density at radius 3 is 2.07 bits per heavy atom. The molecule has 0 saturated carbocycles. The van der Waals surface area contributed by atoms with Crippen molar-refractivity contribution < 1.29 is 28.5 Å². The lowest BCUT2D eigenvalue weighted by Crippen LogP contribution is -2.47. The van der Waals surface area contributed by atoms with Crippen LogP contribution in [0.5, 0.6) is 23.0 Å². The van der Waals surface area contributed by atoms with Gasteiger partial charge in [0.05, 0.1) is 20.8 Å². The maximum absolute atomic E-state index is 12.2. The first-order valence-corrected chi connectivity index (χ1v) is 9.65. The Kier molecular flexibility index (Phi) is 8.80. The topological polar surface area (TPSA) is 95.1 Å². The minimum absolute atomic E-state index is 0.185. The van der Waals surface area contributed by atoms with Crippen molar-refractivity contribution in [1.82, 2.24) is 10.9 Å². The number of nitrogens with one attached hydrogen (secondary N) is 2. The largest absolute Gasteiger partial charge is 0.497 e. The van der Waals surface area contributed by atoms with E-state index in [1.165, 1.54) is 0 Å². The monoisotopic (exact) mass is 416 g/mol. The molecule has 0 fully saturated rings. The summed E-state index contributed by atoms with van der Waals surface area (Å²) >= 11 is 0. The number of aryl methyl sites for hydroxylation is 1. The lowest BCUT2D eigenvalue weighted by atomic mass is 10.1. The van der Waals surface area contributed by atoms with Gasteiger partial charge in [0.25, 0.3) is 5.91 Å². The quantitative estimate of drug-likeness (QED) is 0.578. The molecule has 8 nitrogen and oxygen atoms in total. The maximum Gasteiger partial charge on any atom is 0.279 e. The highest BCUT2D eigenvalue weighted by molar-refractivity contribution is 5.84. The number of rotatable bonds is 10. The van der Waals surface area contributed by atoms with E-state index in [0.717, 1.165) is 11.3 Å². The molecule has 0 saturated heterocycles. The second-order valence-corrected chi connectivity index (χ2v) is 6.42. The minimum atomic E-state index is -0.786. The van der Waals surface area contributed by atoms with Crippen LogP contribution in [-0.2, 0) is 16.0 Å². The zero-order chi connectivity index (χ0) is 21.9. The molecule has 0 aliphatic carbocycles. The summed E-state index contributed by atoms with van der Waals surface area (Å²) in [5.74, 6) is 1.78. The summed E-state index contributed by atoms with van der Waals surface area (Å²) in [5.41, 5.74) is 5.67. The van der Waals surface area contributed by atoms with Gasteiger partial charge in [-0.3, -0.25) is 20.4 Å². The maximum atomic E-state index is 12.2. The third kappa shape index (κ3) is 7.20. The third-order valence-electron chi connectivity index (χ3n) is 4.19. The van der Waals surface area contributed by atoms with Crippen LogP contribution in [0.15, 0.2) is 42.5 Å². The number of benzene rings is 2. The van der Waals surface area contributed by atoms with Crippen molar-refractivity contribution in [3.8, 4) is 23.0 Å². The number of amides is 2. The molecule has 8 heteroatoms. The highest BCUT2D eigenvalue weighted by atomic mass is 16.5. The van der Waals surface area contributed by atoms with Crippen molar-refractivity contribution in [2.24, 2.45) is 0 Å². The molecule has 0 radical (unpaired) electrons. The fraction of sp³-hybridized carbons (Fsp3) is 0.364. The molecule has 1 unspecified atom stereocenters. The third-order valence-corrected chi connectivity index (χ3v) is 4.19. The van der Waals surface area contributed by atoms with E-state index in [1.54, 1.807) is 51.5 Å². The van der Waals surface area contributed by atoms with Crippen molar-refractivity contribution in [3.05, 3.63) is 48.0 Å². The van der Waals surface area contributed by atoms with E-state index in [-0.39, 0.29) is 12.3 Å². The summed E-state index contributed by atoms with van der Waals surface area (Å²) in [5, 5.41) is 0. The van der Waals surface area contributed by atoms with Crippen LogP contribution in [0.1, 0.15) is 25.8 Å². The van der Waals surface area contributed by atoms with Crippen LogP contribution < -0.4 is 29.8 Å². The summed E-state index contributed by atoms with van der Waals surface area (Å²) in [4.78, 5) is 24.2. The average Bonchev–Trinajstić information content (AvgIpc) is 2.77. The molecule has 0 bridgehead atoms. The molecule has 0 aliphatic heterocycles. The molecule has 0 aromatic heterocycles. The number of methoxy groups -OCH3 is 2. The van der Waals surface area contributed by atoms with E-state index in [4.69, 9.17) is 18.9 Å². The van der Waals surface area contributed by atoms with Gasteiger partial charge in [0.15, 0.2) is 6.10 Å². The Morgan fingerprint density at radius 1 is 0.900 bits per heavy atom. The van der Waals surface area contributed by atoms with Crippen molar-refractivity contribution in [2.75, 3.05) is 20.8 Å². The molecule has 30 heavy (non-hydrogen) atoms. The number of carbonyl (C=O) groups excluding carboxylic acids is 2. The summed E-state index contributed by atoms with van der Waals surface area (Å²) < 4.78 is 21.4. The molecule has 0 aliphatic rings. The SMILES string of the molecule is CCOc1ccc(OC(C)C(=O)NNC(=O)CCc2cc(OC)cc(OC)c2)cc1. The molecule has 2 N–H and O–H groups in total. The number of hydrazine groups is 1. The van der Waals surface area contributed by atoms with Crippen LogP contribution >= 0.6 is 0 Å². The van der Waals surface area contributed by atoms with Crippen molar-refractivity contribution in [2.45, 2.75) is 32.8 Å². The van der Waals surface area contributed by atoms with Crippen LogP contribution in [0, 0.1) is 0 Å². The lowest BCUT2D eigenvalue weighted by Gasteiger charge is -2.15. The Balaban J connectivity index is 1.77. The van der Waals surface area contributed by atoms with Crippen LogP contribution in [-0.4, -0.2) is 38.7 Å². The van der Waals surface area contributed by atoms with Gasteiger partial charge in [-0.25, -0.2) is 0 Å². The molecule has 0 spiro atoms. The average molecular weight is 416 g/mol. The molecule has 2 aromatic rings. The molecular weight excluding hydrogens is 388 g/mol. The van der Waals surface area contributed by atoms with Crippen LogP contribution in [0.2, 0.25) is 0 Å². The molecule has 162 valence electrons. The number of ether oxygens (including phenoxy) is 4. The fourth-order valence-electron chi connectivity index (χ4n) is 2.60. The predicted octanol–water partition coefficient (Wildman–Crippen LogP) is 2.65.